The van der Waals surface area contributed by atoms with Gasteiger partial charge >= 0.3 is 0 Å². The van der Waals surface area contributed by atoms with E-state index < -0.39 is 17.3 Å². The van der Waals surface area contributed by atoms with Crippen LogP contribution in [0.1, 0.15) is 24.2 Å². The summed E-state index contributed by atoms with van der Waals surface area (Å²) in [4.78, 5) is 11.4. The fraction of sp³-hybridized carbons (Fsp3) is 0.300. The van der Waals surface area contributed by atoms with Crippen LogP contribution in [0, 0.1) is 5.82 Å². The quantitative estimate of drug-likeness (QED) is 0.746. The Morgan fingerprint density at radius 3 is 2.43 bits per heavy atom. The van der Waals surface area contributed by atoms with Crippen molar-refractivity contribution in [3.8, 4) is 0 Å². The van der Waals surface area contributed by atoms with Gasteiger partial charge in [0.15, 0.2) is 11.5 Å². The largest absolute Gasteiger partial charge is 0.291 e. The molecule has 1 aromatic carbocycles. The Morgan fingerprint density at radius 1 is 1.43 bits per heavy atom. The minimum atomic E-state index is -1.93. The topological polar surface area (TPSA) is 17.1 Å². The van der Waals surface area contributed by atoms with Crippen LogP contribution in [0.15, 0.2) is 22.7 Å². The van der Waals surface area contributed by atoms with Gasteiger partial charge in [0.05, 0.1) is 4.47 Å². The summed E-state index contributed by atoms with van der Waals surface area (Å²) >= 11 is 2.93. The molecular weight excluding hydrogens is 254 g/mol. The van der Waals surface area contributed by atoms with Crippen molar-refractivity contribution in [2.24, 2.45) is 0 Å². The van der Waals surface area contributed by atoms with Crippen LogP contribution in [0.3, 0.4) is 0 Å². The minimum absolute atomic E-state index is 0.158. The van der Waals surface area contributed by atoms with Crippen molar-refractivity contribution in [2.45, 2.75) is 19.5 Å². The smallest absolute Gasteiger partial charge is 0.199 e. The molecule has 0 aliphatic heterocycles. The highest BCUT2D eigenvalue weighted by Crippen LogP contribution is 2.21. The molecule has 0 unspecified atom stereocenters. The predicted molar refractivity (Wildman–Crippen MR) is 53.6 cm³/mol. The first kappa shape index (κ1) is 11.3. The van der Waals surface area contributed by atoms with Crippen molar-refractivity contribution >= 4 is 21.7 Å². The number of benzene rings is 1. The Morgan fingerprint density at radius 2 is 2.00 bits per heavy atom. The Labute approximate surface area is 89.3 Å². The summed E-state index contributed by atoms with van der Waals surface area (Å²) in [7, 11) is 0. The van der Waals surface area contributed by atoms with Gasteiger partial charge in [0.25, 0.3) is 0 Å². The van der Waals surface area contributed by atoms with Crippen molar-refractivity contribution in [1.29, 1.82) is 0 Å². The lowest BCUT2D eigenvalue weighted by Crippen LogP contribution is -2.25. The average Bonchev–Trinajstić information content (AvgIpc) is 2.07. The maximum Gasteiger partial charge on any atom is 0.199 e. The maximum atomic E-state index is 13.2. The lowest BCUT2D eigenvalue weighted by molar-refractivity contribution is 0.0760. The Kier molecular flexibility index (Phi) is 3.04. The first-order valence-corrected chi connectivity index (χ1v) is 4.80. The molecule has 14 heavy (non-hydrogen) atoms. The number of hydrogen-bond donors (Lipinski definition) is 0. The molecule has 0 aliphatic carbocycles. The van der Waals surface area contributed by atoms with Gasteiger partial charge in [-0.05, 0) is 48.0 Å². The van der Waals surface area contributed by atoms with Crippen LogP contribution in [0.5, 0.6) is 0 Å². The molecule has 0 spiro atoms. The minimum Gasteiger partial charge on any atom is -0.291 e. The van der Waals surface area contributed by atoms with Crippen LogP contribution in [-0.4, -0.2) is 11.5 Å². The summed E-state index contributed by atoms with van der Waals surface area (Å²) in [5.74, 6) is -1.13. The van der Waals surface area contributed by atoms with Crippen LogP contribution in [0.2, 0.25) is 0 Å². The van der Waals surface area contributed by atoms with Gasteiger partial charge in [0.1, 0.15) is 5.82 Å². The van der Waals surface area contributed by atoms with Crippen molar-refractivity contribution in [2.75, 3.05) is 0 Å². The molecule has 76 valence electrons. The van der Waals surface area contributed by atoms with E-state index in [4.69, 9.17) is 0 Å². The predicted octanol–water partition coefficient (Wildman–Crippen LogP) is 3.52. The third kappa shape index (κ3) is 2.38. The normalized spacial score (nSPS) is 11.5. The molecule has 0 saturated heterocycles. The molecule has 0 N–H and O–H groups in total. The summed E-state index contributed by atoms with van der Waals surface area (Å²) in [6, 6.07) is 3.67. The number of carbonyl (C=O) groups is 1. The zero-order valence-corrected chi connectivity index (χ0v) is 9.36. The van der Waals surface area contributed by atoms with Crippen LogP contribution < -0.4 is 0 Å². The standard InChI is InChI=1S/C10H9BrF2O/c1-10(2,13)9(14)6-3-4-8(12)7(11)5-6/h3-5H,1-2H3. The van der Waals surface area contributed by atoms with Crippen molar-refractivity contribution in [3.63, 3.8) is 0 Å². The molecule has 4 heteroatoms. The van der Waals surface area contributed by atoms with Crippen LogP contribution in [-0.2, 0) is 0 Å². The van der Waals surface area contributed by atoms with Gasteiger partial charge in [-0.1, -0.05) is 0 Å². The number of rotatable bonds is 2. The number of Topliss-reactive ketones (excluding diaryl/α,β-unsaturated/α-hetero) is 1. The van der Waals surface area contributed by atoms with E-state index >= 15 is 0 Å². The number of carbonyl (C=O) groups excluding carboxylic acids is 1. The van der Waals surface area contributed by atoms with Gasteiger partial charge in [-0.2, -0.15) is 0 Å². The van der Waals surface area contributed by atoms with E-state index in [0.29, 0.717) is 0 Å². The first-order chi connectivity index (χ1) is 6.32. The molecule has 1 aromatic rings. The highest BCUT2D eigenvalue weighted by Gasteiger charge is 2.27. The molecule has 1 rings (SSSR count). The van der Waals surface area contributed by atoms with E-state index in [2.05, 4.69) is 15.9 Å². The van der Waals surface area contributed by atoms with Gasteiger partial charge in [0.2, 0.25) is 0 Å². The third-order valence-corrected chi connectivity index (χ3v) is 2.33. The second-order valence-corrected chi connectivity index (χ2v) is 4.28. The van der Waals surface area contributed by atoms with E-state index in [0.717, 1.165) is 6.07 Å². The fourth-order valence-corrected chi connectivity index (χ4v) is 1.36. The molecule has 1 nitrogen and oxygen atoms in total. The molecule has 0 heterocycles. The summed E-state index contributed by atoms with van der Waals surface area (Å²) in [6.45, 7) is 2.35. The monoisotopic (exact) mass is 262 g/mol. The second-order valence-electron chi connectivity index (χ2n) is 3.43. The van der Waals surface area contributed by atoms with Crippen molar-refractivity contribution < 1.29 is 13.6 Å². The maximum absolute atomic E-state index is 13.2. The van der Waals surface area contributed by atoms with E-state index in [1.807, 2.05) is 0 Å². The molecule has 0 aliphatic rings. The van der Waals surface area contributed by atoms with Crippen LogP contribution >= 0.6 is 15.9 Å². The lowest BCUT2D eigenvalue weighted by atomic mass is 9.99. The highest BCUT2D eigenvalue weighted by atomic mass is 79.9. The summed E-state index contributed by atoms with van der Waals surface area (Å²) in [5, 5.41) is 0. The van der Waals surface area contributed by atoms with E-state index in [1.165, 1.54) is 26.0 Å². The zero-order chi connectivity index (χ0) is 10.9. The Balaban J connectivity index is 3.10. The summed E-state index contributed by atoms with van der Waals surface area (Å²) in [5.41, 5.74) is -1.78. The number of halogens is 3. The SMILES string of the molecule is CC(C)(F)C(=O)c1ccc(F)c(Br)c1. The molecule has 0 aromatic heterocycles. The first-order valence-electron chi connectivity index (χ1n) is 4.01. The Hall–Kier alpha value is -0.770. The van der Waals surface area contributed by atoms with Crippen LogP contribution in [0.25, 0.3) is 0 Å². The average molecular weight is 263 g/mol. The van der Waals surface area contributed by atoms with Crippen LogP contribution in [0.4, 0.5) is 8.78 Å². The van der Waals surface area contributed by atoms with E-state index in [9.17, 15) is 13.6 Å². The number of alkyl halides is 1. The molecule has 0 amide bonds. The third-order valence-electron chi connectivity index (χ3n) is 1.72. The van der Waals surface area contributed by atoms with E-state index in [1.54, 1.807) is 0 Å². The number of hydrogen-bond acceptors (Lipinski definition) is 1. The zero-order valence-electron chi connectivity index (χ0n) is 7.77. The second kappa shape index (κ2) is 3.77. The number of ketones is 1. The molecule has 0 radical (unpaired) electrons. The van der Waals surface area contributed by atoms with Gasteiger partial charge in [-0.25, -0.2) is 8.78 Å². The molecular formula is C10H9BrF2O. The summed E-state index contributed by atoms with van der Waals surface area (Å²) in [6.07, 6.45) is 0. The fourth-order valence-electron chi connectivity index (χ4n) is 0.981. The summed E-state index contributed by atoms with van der Waals surface area (Å²) < 4.78 is 26.2. The molecule has 0 bridgehead atoms. The molecule has 0 saturated carbocycles. The molecule has 0 fully saturated rings. The van der Waals surface area contributed by atoms with E-state index in [-0.39, 0.29) is 10.0 Å². The molecule has 0 atom stereocenters. The lowest BCUT2D eigenvalue weighted by Gasteiger charge is -2.12. The van der Waals surface area contributed by atoms with Crippen molar-refractivity contribution in [3.05, 3.63) is 34.1 Å². The van der Waals surface area contributed by atoms with Gasteiger partial charge in [-0.3, -0.25) is 4.79 Å². The van der Waals surface area contributed by atoms with Gasteiger partial charge < -0.3 is 0 Å². The van der Waals surface area contributed by atoms with Gasteiger partial charge in [-0.15, -0.1) is 0 Å². The Bertz CT molecular complexity index is 369. The highest BCUT2D eigenvalue weighted by molar-refractivity contribution is 9.10. The van der Waals surface area contributed by atoms with Gasteiger partial charge in [0, 0.05) is 5.56 Å². The van der Waals surface area contributed by atoms with Crippen molar-refractivity contribution in [1.82, 2.24) is 0 Å².